The highest BCUT2D eigenvalue weighted by Gasteiger charge is 2.30. The van der Waals surface area contributed by atoms with Crippen molar-refractivity contribution in [2.75, 3.05) is 13.1 Å². The quantitative estimate of drug-likeness (QED) is 0.715. The highest BCUT2D eigenvalue weighted by Crippen LogP contribution is 2.25. The Labute approximate surface area is 148 Å². The van der Waals surface area contributed by atoms with Gasteiger partial charge in [0.1, 0.15) is 0 Å². The molecule has 1 aromatic rings. The molecule has 1 amide bonds. The second-order valence-electron chi connectivity index (χ2n) is 6.24. The van der Waals surface area contributed by atoms with Crippen LogP contribution in [0.2, 0.25) is 0 Å². The van der Waals surface area contributed by atoms with Crippen LogP contribution in [0.4, 0.5) is 0 Å². The van der Waals surface area contributed by atoms with Crippen LogP contribution in [0.3, 0.4) is 0 Å². The Balaban J connectivity index is 2.01. The van der Waals surface area contributed by atoms with Gasteiger partial charge in [0.15, 0.2) is 0 Å². The third-order valence-corrected chi connectivity index (χ3v) is 6.35. The summed E-state index contributed by atoms with van der Waals surface area (Å²) < 4.78 is 27.0. The number of sulfonamides is 1. The van der Waals surface area contributed by atoms with Crippen molar-refractivity contribution in [3.8, 4) is 0 Å². The van der Waals surface area contributed by atoms with Crippen LogP contribution < -0.4 is 5.32 Å². The second kappa shape index (κ2) is 8.44. The molecule has 0 aliphatic carbocycles. The van der Waals surface area contributed by atoms with Crippen LogP contribution in [-0.4, -0.2) is 48.8 Å². The summed E-state index contributed by atoms with van der Waals surface area (Å²) in [7, 11) is -3.55. The van der Waals surface area contributed by atoms with E-state index in [0.717, 1.165) is 19.3 Å². The Bertz CT molecular complexity index is 715. The summed E-state index contributed by atoms with van der Waals surface area (Å²) in [5.41, 5.74) is 0.348. The predicted octanol–water partition coefficient (Wildman–Crippen LogP) is 1.84. The van der Waals surface area contributed by atoms with Gasteiger partial charge in [0.2, 0.25) is 10.0 Å². The number of benzene rings is 1. The van der Waals surface area contributed by atoms with Gasteiger partial charge in [-0.2, -0.15) is 4.31 Å². The maximum Gasteiger partial charge on any atom is 0.303 e. The fourth-order valence-electron chi connectivity index (χ4n) is 2.89. The zero-order valence-corrected chi connectivity index (χ0v) is 15.1. The number of amides is 1. The van der Waals surface area contributed by atoms with Gasteiger partial charge in [-0.3, -0.25) is 9.59 Å². The molecule has 1 aliphatic rings. The van der Waals surface area contributed by atoms with Crippen LogP contribution >= 0.6 is 0 Å². The van der Waals surface area contributed by atoms with Gasteiger partial charge in [-0.05, 0) is 50.5 Å². The number of carboxylic acids is 1. The molecule has 0 radical (unpaired) electrons. The summed E-state index contributed by atoms with van der Waals surface area (Å²) in [4.78, 5) is 22.6. The van der Waals surface area contributed by atoms with E-state index in [0.29, 0.717) is 18.5 Å². The average molecular weight is 368 g/mol. The third kappa shape index (κ3) is 5.02. The molecule has 1 aromatic carbocycles. The van der Waals surface area contributed by atoms with Gasteiger partial charge in [0, 0.05) is 31.1 Å². The summed E-state index contributed by atoms with van der Waals surface area (Å²) in [6.07, 6.45) is 3.09. The molecule has 1 saturated heterocycles. The van der Waals surface area contributed by atoms with E-state index in [-0.39, 0.29) is 29.8 Å². The van der Waals surface area contributed by atoms with Crippen LogP contribution in [0.5, 0.6) is 0 Å². The number of nitrogens with one attached hydrogen (secondary N) is 1. The molecular weight excluding hydrogens is 344 g/mol. The molecule has 7 nitrogen and oxygen atoms in total. The smallest absolute Gasteiger partial charge is 0.303 e. The van der Waals surface area contributed by atoms with Gasteiger partial charge in [-0.1, -0.05) is 6.42 Å². The van der Waals surface area contributed by atoms with E-state index in [4.69, 9.17) is 5.11 Å². The number of carbonyl (C=O) groups excluding carboxylic acids is 1. The highest BCUT2D eigenvalue weighted by molar-refractivity contribution is 7.89. The van der Waals surface area contributed by atoms with Crippen molar-refractivity contribution in [1.29, 1.82) is 0 Å². The van der Waals surface area contributed by atoms with Crippen molar-refractivity contribution < 1.29 is 23.1 Å². The Morgan fingerprint density at radius 1 is 1.24 bits per heavy atom. The molecule has 138 valence electrons. The Morgan fingerprint density at radius 3 is 2.52 bits per heavy atom. The zero-order chi connectivity index (χ0) is 18.4. The number of nitrogens with zero attached hydrogens (tertiary/aromatic N) is 1. The standard InChI is InChI=1S/C17H24N2O5S/c1-13-5-2-3-12-19(13)25(23,24)15-9-7-14(8-10-15)17(22)18-11-4-6-16(20)21/h7-10,13H,2-6,11-12H2,1H3,(H,18,22)(H,20,21). The summed E-state index contributed by atoms with van der Waals surface area (Å²) in [5, 5.41) is 11.2. The van der Waals surface area contributed by atoms with E-state index >= 15 is 0 Å². The normalized spacial score (nSPS) is 18.7. The van der Waals surface area contributed by atoms with Crippen molar-refractivity contribution in [3.63, 3.8) is 0 Å². The number of hydrogen-bond donors (Lipinski definition) is 2. The lowest BCUT2D eigenvalue weighted by Gasteiger charge is -2.32. The number of aliphatic carboxylic acids is 1. The van der Waals surface area contributed by atoms with Crippen molar-refractivity contribution in [2.45, 2.75) is 50.0 Å². The number of carboxylic acid groups (broad SMARTS) is 1. The molecular formula is C17H24N2O5S. The van der Waals surface area contributed by atoms with Gasteiger partial charge < -0.3 is 10.4 Å². The first-order valence-electron chi connectivity index (χ1n) is 8.44. The molecule has 0 saturated carbocycles. The van der Waals surface area contributed by atoms with Gasteiger partial charge in [-0.25, -0.2) is 8.42 Å². The molecule has 2 N–H and O–H groups in total. The van der Waals surface area contributed by atoms with E-state index in [1.165, 1.54) is 28.6 Å². The largest absolute Gasteiger partial charge is 0.481 e. The third-order valence-electron chi connectivity index (χ3n) is 4.32. The molecule has 1 unspecified atom stereocenters. The molecule has 0 aromatic heterocycles. The maximum absolute atomic E-state index is 12.7. The van der Waals surface area contributed by atoms with E-state index in [1.807, 2.05) is 6.92 Å². The molecule has 8 heteroatoms. The van der Waals surface area contributed by atoms with Crippen molar-refractivity contribution >= 4 is 21.9 Å². The SMILES string of the molecule is CC1CCCCN1S(=O)(=O)c1ccc(C(=O)NCCCC(=O)O)cc1. The van der Waals surface area contributed by atoms with Gasteiger partial charge in [0.25, 0.3) is 5.91 Å². The first kappa shape index (κ1) is 19.4. The predicted molar refractivity (Wildman–Crippen MR) is 92.8 cm³/mol. The topological polar surface area (TPSA) is 104 Å². The minimum absolute atomic E-state index is 0.00845. The lowest BCUT2D eigenvalue weighted by Crippen LogP contribution is -2.41. The Hall–Kier alpha value is -1.93. The van der Waals surface area contributed by atoms with Crippen LogP contribution in [0.1, 0.15) is 49.4 Å². The van der Waals surface area contributed by atoms with E-state index in [9.17, 15) is 18.0 Å². The fourth-order valence-corrected chi connectivity index (χ4v) is 4.59. The maximum atomic E-state index is 12.7. The minimum Gasteiger partial charge on any atom is -0.481 e. The minimum atomic E-state index is -3.55. The van der Waals surface area contributed by atoms with Crippen molar-refractivity contribution in [1.82, 2.24) is 9.62 Å². The zero-order valence-electron chi connectivity index (χ0n) is 14.3. The Morgan fingerprint density at radius 2 is 1.92 bits per heavy atom. The first-order chi connectivity index (χ1) is 11.8. The molecule has 1 aliphatic heterocycles. The highest BCUT2D eigenvalue weighted by atomic mass is 32.2. The second-order valence-corrected chi connectivity index (χ2v) is 8.13. The molecule has 0 bridgehead atoms. The van der Waals surface area contributed by atoms with Gasteiger partial charge >= 0.3 is 5.97 Å². The van der Waals surface area contributed by atoms with Crippen molar-refractivity contribution in [3.05, 3.63) is 29.8 Å². The summed E-state index contributed by atoms with van der Waals surface area (Å²) in [5.74, 6) is -1.25. The lowest BCUT2D eigenvalue weighted by molar-refractivity contribution is -0.137. The Kier molecular flexibility index (Phi) is 6.55. The van der Waals surface area contributed by atoms with Crippen LogP contribution in [0.15, 0.2) is 29.2 Å². The number of rotatable bonds is 7. The number of carbonyl (C=O) groups is 2. The molecule has 1 fully saturated rings. The molecule has 25 heavy (non-hydrogen) atoms. The molecule has 2 rings (SSSR count). The number of piperidine rings is 1. The van der Waals surface area contributed by atoms with Crippen LogP contribution in [0.25, 0.3) is 0 Å². The molecule has 1 heterocycles. The summed E-state index contributed by atoms with van der Waals surface area (Å²) in [6, 6.07) is 5.84. The van der Waals surface area contributed by atoms with Crippen LogP contribution in [-0.2, 0) is 14.8 Å². The van der Waals surface area contributed by atoms with Crippen LogP contribution in [0, 0.1) is 0 Å². The average Bonchev–Trinajstić information content (AvgIpc) is 2.58. The van der Waals surface area contributed by atoms with Gasteiger partial charge in [-0.15, -0.1) is 0 Å². The summed E-state index contributed by atoms with van der Waals surface area (Å²) in [6.45, 7) is 2.70. The number of hydrogen-bond acceptors (Lipinski definition) is 4. The monoisotopic (exact) mass is 368 g/mol. The van der Waals surface area contributed by atoms with E-state index in [2.05, 4.69) is 5.32 Å². The first-order valence-corrected chi connectivity index (χ1v) is 9.88. The lowest BCUT2D eigenvalue weighted by atomic mass is 10.1. The summed E-state index contributed by atoms with van der Waals surface area (Å²) >= 11 is 0. The molecule has 1 atom stereocenters. The molecule has 0 spiro atoms. The van der Waals surface area contributed by atoms with Gasteiger partial charge in [0.05, 0.1) is 4.90 Å². The van der Waals surface area contributed by atoms with E-state index < -0.39 is 16.0 Å². The van der Waals surface area contributed by atoms with E-state index in [1.54, 1.807) is 0 Å². The fraction of sp³-hybridized carbons (Fsp3) is 0.529. The van der Waals surface area contributed by atoms with Crippen molar-refractivity contribution in [2.24, 2.45) is 0 Å².